The van der Waals surface area contributed by atoms with Crippen LogP contribution in [0.3, 0.4) is 0 Å². The van der Waals surface area contributed by atoms with Crippen molar-refractivity contribution in [3.05, 3.63) is 40.3 Å². The van der Waals surface area contributed by atoms with Gasteiger partial charge in [-0.15, -0.1) is 0 Å². The van der Waals surface area contributed by atoms with Crippen LogP contribution in [0.2, 0.25) is 5.02 Å². The predicted molar refractivity (Wildman–Crippen MR) is 132 cm³/mol. The van der Waals surface area contributed by atoms with Crippen LogP contribution in [0.5, 0.6) is 0 Å². The first-order valence-electron chi connectivity index (χ1n) is 11.3. The molecule has 1 aromatic carbocycles. The lowest BCUT2D eigenvalue weighted by Gasteiger charge is -2.28. The minimum absolute atomic E-state index is 0.0621. The first-order chi connectivity index (χ1) is 15.3. The molecule has 2 fully saturated rings. The molecule has 0 bridgehead atoms. The third-order valence-electron chi connectivity index (χ3n) is 6.81. The third kappa shape index (κ3) is 5.17. The zero-order chi connectivity index (χ0) is 24.1. The van der Waals surface area contributed by atoms with Crippen LogP contribution in [0.25, 0.3) is 0 Å². The Hall–Kier alpha value is -1.77. The number of nitrogens with one attached hydrogen (secondary N) is 1. The predicted octanol–water partition coefficient (Wildman–Crippen LogP) is 5.21. The van der Waals surface area contributed by atoms with E-state index in [0.717, 1.165) is 31.4 Å². The number of carbonyl (C=O) groups is 1. The first-order valence-corrected chi connectivity index (χ1v) is 12.7. The van der Waals surface area contributed by atoms with E-state index >= 15 is 0 Å². The minimum atomic E-state index is -0.622. The number of amides is 1. The largest absolute Gasteiger partial charge is 0.389 e. The van der Waals surface area contributed by atoms with Crippen LogP contribution < -0.4 is 11.1 Å². The Bertz CT molecular complexity index is 1050. The van der Waals surface area contributed by atoms with Crippen molar-refractivity contribution >= 4 is 40.8 Å². The molecule has 2 aromatic rings. The number of rotatable bonds is 5. The molecule has 0 spiro atoms. The number of fused-ring (bicyclic) bond motifs is 1. The van der Waals surface area contributed by atoms with Gasteiger partial charge in [-0.25, -0.2) is 4.39 Å². The second-order valence-electron chi connectivity index (χ2n) is 10.6. The zero-order valence-corrected chi connectivity index (χ0v) is 21.1. The Morgan fingerprint density at radius 1 is 1.36 bits per heavy atom. The lowest BCUT2D eigenvalue weighted by Crippen LogP contribution is -2.31. The van der Waals surface area contributed by atoms with Crippen LogP contribution in [0, 0.1) is 17.7 Å². The van der Waals surface area contributed by atoms with E-state index in [0.29, 0.717) is 34.6 Å². The lowest BCUT2D eigenvalue weighted by atomic mass is 9.92. The number of aliphatic hydroxyl groups is 1. The average Bonchev–Trinajstić information content (AvgIpc) is 3.32. The van der Waals surface area contributed by atoms with E-state index in [1.54, 1.807) is 7.05 Å². The van der Waals surface area contributed by atoms with Crippen LogP contribution in [0.15, 0.2) is 18.2 Å². The minimum Gasteiger partial charge on any atom is -0.389 e. The fourth-order valence-electron chi connectivity index (χ4n) is 5.31. The number of hydrogen-bond donors (Lipinski definition) is 3. The highest BCUT2D eigenvalue weighted by molar-refractivity contribution is 8.00. The van der Waals surface area contributed by atoms with Crippen molar-refractivity contribution in [3.8, 4) is 0 Å². The number of halogens is 2. The van der Waals surface area contributed by atoms with Crippen molar-refractivity contribution in [1.82, 2.24) is 9.78 Å². The molecule has 4 rings (SSSR count). The number of nitrogens with two attached hydrogens (primary N) is 1. The Labute approximate surface area is 203 Å². The molecule has 1 amide bonds. The van der Waals surface area contributed by atoms with E-state index in [4.69, 9.17) is 17.3 Å². The monoisotopic (exact) mass is 494 g/mol. The Balaban J connectivity index is 1.49. The SMILES string of the molecule is Cn1nc(C2CC3CC(O)(CSC(C)(C)C)C[C@@H]3C2)c(C(=O)Nc2ccc(F)c(Cl)c2)c1N. The van der Waals surface area contributed by atoms with Gasteiger partial charge in [0.25, 0.3) is 5.91 Å². The maximum absolute atomic E-state index is 13.5. The number of benzene rings is 1. The maximum Gasteiger partial charge on any atom is 0.261 e. The number of thioether (sulfide) groups is 1. The quantitative estimate of drug-likeness (QED) is 0.530. The molecule has 0 aliphatic heterocycles. The van der Waals surface area contributed by atoms with Crippen molar-refractivity contribution in [2.45, 2.75) is 62.7 Å². The second kappa shape index (κ2) is 8.78. The van der Waals surface area contributed by atoms with E-state index < -0.39 is 11.4 Å². The summed E-state index contributed by atoms with van der Waals surface area (Å²) in [4.78, 5) is 13.1. The molecule has 2 saturated carbocycles. The van der Waals surface area contributed by atoms with Crippen molar-refractivity contribution in [2.75, 3.05) is 16.8 Å². The number of aromatic nitrogens is 2. The molecule has 1 aromatic heterocycles. The van der Waals surface area contributed by atoms with Crippen molar-refractivity contribution < 1.29 is 14.3 Å². The molecule has 0 radical (unpaired) electrons. The van der Waals surface area contributed by atoms with Gasteiger partial charge >= 0.3 is 0 Å². The number of anilines is 2. The molecule has 6 nitrogen and oxygen atoms in total. The van der Waals surface area contributed by atoms with Crippen LogP contribution in [-0.4, -0.2) is 36.9 Å². The van der Waals surface area contributed by atoms with Gasteiger partial charge in [-0.05, 0) is 55.7 Å². The summed E-state index contributed by atoms with van der Waals surface area (Å²) < 4.78 is 15.1. The third-order valence-corrected chi connectivity index (χ3v) is 8.65. The van der Waals surface area contributed by atoms with Crippen molar-refractivity contribution in [3.63, 3.8) is 0 Å². The summed E-state index contributed by atoms with van der Waals surface area (Å²) in [6.07, 6.45) is 3.34. The second-order valence-corrected chi connectivity index (χ2v) is 12.8. The van der Waals surface area contributed by atoms with Gasteiger partial charge in [0.2, 0.25) is 0 Å². The van der Waals surface area contributed by atoms with Gasteiger partial charge < -0.3 is 16.2 Å². The molecule has 9 heteroatoms. The fourth-order valence-corrected chi connectivity index (χ4v) is 6.43. The van der Waals surface area contributed by atoms with Gasteiger partial charge in [-0.1, -0.05) is 32.4 Å². The summed E-state index contributed by atoms with van der Waals surface area (Å²) in [5, 5.41) is 18.5. The summed E-state index contributed by atoms with van der Waals surface area (Å²) in [7, 11) is 1.72. The summed E-state index contributed by atoms with van der Waals surface area (Å²) in [6, 6.07) is 4.04. The number of aryl methyl sites for hydroxylation is 1. The van der Waals surface area contributed by atoms with Crippen LogP contribution >= 0.6 is 23.4 Å². The molecular weight excluding hydrogens is 463 g/mol. The number of nitrogens with zero attached hydrogens (tertiary/aromatic N) is 2. The molecule has 2 aliphatic rings. The number of carbonyl (C=O) groups excluding carboxylic acids is 1. The summed E-state index contributed by atoms with van der Waals surface area (Å²) in [5.41, 5.74) is 7.06. The topological polar surface area (TPSA) is 93.2 Å². The summed E-state index contributed by atoms with van der Waals surface area (Å²) in [6.45, 7) is 6.51. The molecule has 180 valence electrons. The molecule has 4 N–H and O–H groups in total. The number of nitrogen functional groups attached to an aromatic ring is 1. The van der Waals surface area contributed by atoms with E-state index in [-0.39, 0.29) is 21.6 Å². The molecule has 4 atom stereocenters. The molecular formula is C24H32ClFN4O2S. The summed E-state index contributed by atoms with van der Waals surface area (Å²) >= 11 is 7.66. The summed E-state index contributed by atoms with van der Waals surface area (Å²) in [5.74, 6) is 1.06. The molecule has 2 aliphatic carbocycles. The number of hydrogen-bond acceptors (Lipinski definition) is 5. The first kappa shape index (κ1) is 24.4. The normalized spacial score (nSPS) is 27.1. The van der Waals surface area contributed by atoms with Gasteiger partial charge in [0.15, 0.2) is 0 Å². The lowest BCUT2D eigenvalue weighted by molar-refractivity contribution is 0.0627. The smallest absolute Gasteiger partial charge is 0.261 e. The molecule has 3 unspecified atom stereocenters. The van der Waals surface area contributed by atoms with Crippen LogP contribution in [-0.2, 0) is 7.05 Å². The van der Waals surface area contributed by atoms with Gasteiger partial charge in [-0.3, -0.25) is 9.48 Å². The standard InChI is InChI=1S/C24H32ClFN4O2S/c1-23(2,3)33-12-24(32)10-14-7-13(8-15(14)11-24)20-19(21(27)30(4)29-20)22(31)28-16-5-6-18(26)17(25)9-16/h5-6,9,13-15,32H,7-8,10-12,27H2,1-4H3,(H,28,31)/t13?,14-,15?,24?/m0/s1. The van der Waals surface area contributed by atoms with Gasteiger partial charge in [0.05, 0.1) is 16.3 Å². The van der Waals surface area contributed by atoms with Crippen LogP contribution in [0.4, 0.5) is 15.9 Å². The van der Waals surface area contributed by atoms with Gasteiger partial charge in [0.1, 0.15) is 17.2 Å². The maximum atomic E-state index is 13.5. The Morgan fingerprint density at radius 3 is 2.58 bits per heavy atom. The Morgan fingerprint density at radius 2 is 2.00 bits per heavy atom. The highest BCUT2D eigenvalue weighted by Gasteiger charge is 2.50. The van der Waals surface area contributed by atoms with Gasteiger partial charge in [-0.2, -0.15) is 16.9 Å². The molecule has 0 saturated heterocycles. The van der Waals surface area contributed by atoms with E-state index in [1.165, 1.54) is 22.9 Å². The highest BCUT2D eigenvalue weighted by atomic mass is 35.5. The average molecular weight is 495 g/mol. The molecule has 1 heterocycles. The van der Waals surface area contributed by atoms with E-state index in [2.05, 4.69) is 31.2 Å². The van der Waals surface area contributed by atoms with Crippen LogP contribution in [0.1, 0.15) is 68.4 Å². The van der Waals surface area contributed by atoms with E-state index in [9.17, 15) is 14.3 Å². The highest BCUT2D eigenvalue weighted by Crippen LogP contribution is 2.55. The molecule has 33 heavy (non-hydrogen) atoms. The van der Waals surface area contributed by atoms with E-state index in [1.807, 2.05) is 11.8 Å². The van der Waals surface area contributed by atoms with Gasteiger partial charge in [0, 0.05) is 29.2 Å². The van der Waals surface area contributed by atoms with Crippen molar-refractivity contribution in [2.24, 2.45) is 18.9 Å². The Kier molecular flexibility index (Phi) is 6.48. The van der Waals surface area contributed by atoms with Crippen molar-refractivity contribution in [1.29, 1.82) is 0 Å². The fraction of sp³-hybridized carbons (Fsp3) is 0.583. The zero-order valence-electron chi connectivity index (χ0n) is 19.5.